The van der Waals surface area contributed by atoms with Gasteiger partial charge in [0.25, 0.3) is 0 Å². The highest BCUT2D eigenvalue weighted by molar-refractivity contribution is 5.82. The average molecular weight is 345 g/mol. The summed E-state index contributed by atoms with van der Waals surface area (Å²) in [6.07, 6.45) is 3.43. The first-order valence-corrected chi connectivity index (χ1v) is 8.04. The zero-order valence-corrected chi connectivity index (χ0v) is 13.9. The molecule has 0 spiro atoms. The van der Waals surface area contributed by atoms with Crippen LogP contribution >= 0.6 is 0 Å². The molecule has 8 heteroatoms. The van der Waals surface area contributed by atoms with E-state index in [0.29, 0.717) is 18.9 Å². The SMILES string of the molecule is Cn1ccnc1C(NC(=O)CN1CCNC(=O)C1)c1ccc(F)cc1. The van der Waals surface area contributed by atoms with Crippen molar-refractivity contribution >= 4 is 11.8 Å². The molecule has 7 nitrogen and oxygen atoms in total. The van der Waals surface area contributed by atoms with Crippen molar-refractivity contribution in [2.45, 2.75) is 6.04 Å². The zero-order valence-electron chi connectivity index (χ0n) is 13.9. The maximum Gasteiger partial charge on any atom is 0.235 e. The molecular weight excluding hydrogens is 325 g/mol. The minimum atomic E-state index is -0.494. The van der Waals surface area contributed by atoms with Gasteiger partial charge in [-0.1, -0.05) is 12.1 Å². The first kappa shape index (κ1) is 17.1. The molecule has 2 aromatic rings. The van der Waals surface area contributed by atoms with Crippen LogP contribution in [-0.4, -0.2) is 52.4 Å². The van der Waals surface area contributed by atoms with Crippen LogP contribution in [-0.2, 0) is 16.6 Å². The van der Waals surface area contributed by atoms with Gasteiger partial charge < -0.3 is 15.2 Å². The number of hydrogen-bond acceptors (Lipinski definition) is 4. The van der Waals surface area contributed by atoms with Gasteiger partial charge >= 0.3 is 0 Å². The molecule has 1 aliphatic heterocycles. The highest BCUT2D eigenvalue weighted by Crippen LogP contribution is 2.20. The molecule has 1 atom stereocenters. The molecule has 2 heterocycles. The number of amides is 2. The van der Waals surface area contributed by atoms with E-state index in [2.05, 4.69) is 15.6 Å². The number of aryl methyl sites for hydroxylation is 1. The molecule has 0 radical (unpaired) electrons. The number of hydrogen-bond donors (Lipinski definition) is 2. The molecule has 1 aliphatic rings. The minimum absolute atomic E-state index is 0.0850. The maximum atomic E-state index is 13.2. The number of aromatic nitrogens is 2. The Morgan fingerprint density at radius 3 is 2.80 bits per heavy atom. The fourth-order valence-corrected chi connectivity index (χ4v) is 2.84. The van der Waals surface area contributed by atoms with E-state index in [1.165, 1.54) is 12.1 Å². The third-order valence-electron chi connectivity index (χ3n) is 4.11. The first-order chi connectivity index (χ1) is 12.0. The molecule has 1 saturated heterocycles. The lowest BCUT2D eigenvalue weighted by Crippen LogP contribution is -2.51. The van der Waals surface area contributed by atoms with Crippen molar-refractivity contribution in [3.63, 3.8) is 0 Å². The van der Waals surface area contributed by atoms with E-state index in [1.54, 1.807) is 29.4 Å². The molecule has 1 unspecified atom stereocenters. The Kier molecular flexibility index (Phi) is 5.08. The fourth-order valence-electron chi connectivity index (χ4n) is 2.84. The van der Waals surface area contributed by atoms with Gasteiger partial charge in [0.05, 0.1) is 13.1 Å². The van der Waals surface area contributed by atoms with Crippen LogP contribution in [0.5, 0.6) is 0 Å². The molecule has 0 saturated carbocycles. The lowest BCUT2D eigenvalue weighted by atomic mass is 10.1. The average Bonchev–Trinajstić information content (AvgIpc) is 2.99. The number of halogens is 1. The van der Waals surface area contributed by atoms with Crippen LogP contribution in [0.25, 0.3) is 0 Å². The number of carbonyl (C=O) groups excluding carboxylic acids is 2. The van der Waals surface area contributed by atoms with Crippen LogP contribution in [0, 0.1) is 5.82 Å². The molecule has 1 aromatic heterocycles. The van der Waals surface area contributed by atoms with Crippen LogP contribution in [0.1, 0.15) is 17.4 Å². The second-order valence-electron chi connectivity index (χ2n) is 6.01. The van der Waals surface area contributed by atoms with E-state index in [9.17, 15) is 14.0 Å². The largest absolute Gasteiger partial charge is 0.354 e. The number of rotatable bonds is 5. The summed E-state index contributed by atoms with van der Waals surface area (Å²) < 4.78 is 15.0. The number of imidazole rings is 1. The Hall–Kier alpha value is -2.74. The van der Waals surface area contributed by atoms with Gasteiger partial charge in [0.1, 0.15) is 17.7 Å². The van der Waals surface area contributed by atoms with Gasteiger partial charge in [0.15, 0.2) is 0 Å². The van der Waals surface area contributed by atoms with Crippen LogP contribution in [0.2, 0.25) is 0 Å². The zero-order chi connectivity index (χ0) is 17.8. The molecule has 132 valence electrons. The van der Waals surface area contributed by atoms with Gasteiger partial charge in [0, 0.05) is 32.5 Å². The molecule has 2 amide bonds. The number of nitrogens with zero attached hydrogens (tertiary/aromatic N) is 3. The predicted octanol–water partition coefficient (Wildman–Crippen LogP) is 0.197. The Morgan fingerprint density at radius 1 is 1.40 bits per heavy atom. The second-order valence-corrected chi connectivity index (χ2v) is 6.01. The van der Waals surface area contributed by atoms with Crippen molar-refractivity contribution in [2.75, 3.05) is 26.2 Å². The van der Waals surface area contributed by atoms with Crippen molar-refractivity contribution in [3.8, 4) is 0 Å². The van der Waals surface area contributed by atoms with Crippen molar-refractivity contribution in [1.82, 2.24) is 25.1 Å². The first-order valence-electron chi connectivity index (χ1n) is 8.04. The molecule has 1 aromatic carbocycles. The van der Waals surface area contributed by atoms with Crippen molar-refractivity contribution in [2.24, 2.45) is 7.05 Å². The smallest absolute Gasteiger partial charge is 0.235 e. The quantitative estimate of drug-likeness (QED) is 0.811. The lowest BCUT2D eigenvalue weighted by Gasteiger charge is -2.27. The monoisotopic (exact) mass is 345 g/mol. The normalized spacial score (nSPS) is 16.3. The van der Waals surface area contributed by atoms with Gasteiger partial charge in [-0.3, -0.25) is 14.5 Å². The Labute approximate surface area is 144 Å². The summed E-state index contributed by atoms with van der Waals surface area (Å²) in [5.41, 5.74) is 0.737. The number of carbonyl (C=O) groups is 2. The van der Waals surface area contributed by atoms with Gasteiger partial charge in [-0.15, -0.1) is 0 Å². The molecule has 25 heavy (non-hydrogen) atoms. The molecule has 0 bridgehead atoms. The van der Waals surface area contributed by atoms with Crippen LogP contribution < -0.4 is 10.6 Å². The van der Waals surface area contributed by atoms with E-state index < -0.39 is 6.04 Å². The van der Waals surface area contributed by atoms with Crippen LogP contribution in [0.3, 0.4) is 0 Å². The third-order valence-corrected chi connectivity index (χ3v) is 4.11. The summed E-state index contributed by atoms with van der Waals surface area (Å²) in [4.78, 5) is 30.0. The van der Waals surface area contributed by atoms with Crippen LogP contribution in [0.4, 0.5) is 4.39 Å². The second kappa shape index (κ2) is 7.43. The highest BCUT2D eigenvalue weighted by Gasteiger charge is 2.23. The van der Waals surface area contributed by atoms with Crippen LogP contribution in [0.15, 0.2) is 36.7 Å². The van der Waals surface area contributed by atoms with Gasteiger partial charge in [-0.05, 0) is 17.7 Å². The molecule has 0 aliphatic carbocycles. The molecule has 3 rings (SSSR count). The molecule has 2 N–H and O–H groups in total. The predicted molar refractivity (Wildman–Crippen MR) is 89.0 cm³/mol. The summed E-state index contributed by atoms with van der Waals surface area (Å²) in [5, 5.41) is 5.67. The number of nitrogens with one attached hydrogen (secondary N) is 2. The van der Waals surface area contributed by atoms with Gasteiger partial charge in [0.2, 0.25) is 11.8 Å². The van der Waals surface area contributed by atoms with Crippen molar-refractivity contribution in [1.29, 1.82) is 0 Å². The number of benzene rings is 1. The van der Waals surface area contributed by atoms with Crippen molar-refractivity contribution < 1.29 is 14.0 Å². The Morgan fingerprint density at radius 2 is 2.16 bits per heavy atom. The highest BCUT2D eigenvalue weighted by atomic mass is 19.1. The summed E-state index contributed by atoms with van der Waals surface area (Å²) >= 11 is 0. The van der Waals surface area contributed by atoms with Gasteiger partial charge in [-0.2, -0.15) is 0 Å². The maximum absolute atomic E-state index is 13.2. The van der Waals surface area contributed by atoms with E-state index in [4.69, 9.17) is 0 Å². The van der Waals surface area contributed by atoms with E-state index >= 15 is 0 Å². The summed E-state index contributed by atoms with van der Waals surface area (Å²) in [5.74, 6) is 0.00889. The number of piperazine rings is 1. The van der Waals surface area contributed by atoms with Crippen molar-refractivity contribution in [3.05, 3.63) is 53.9 Å². The van der Waals surface area contributed by atoms with E-state index in [1.807, 2.05) is 11.6 Å². The molecular formula is C17H20FN5O2. The summed E-state index contributed by atoms with van der Waals surface area (Å²) in [7, 11) is 1.83. The topological polar surface area (TPSA) is 79.3 Å². The standard InChI is InChI=1S/C17H20FN5O2/c1-22-8-6-20-17(22)16(12-2-4-13(18)5-3-12)21-15(25)11-23-9-7-19-14(24)10-23/h2-6,8,16H,7,9-11H2,1H3,(H,19,24)(H,21,25). The summed E-state index contributed by atoms with van der Waals surface area (Å²) in [6.45, 7) is 1.49. The third kappa shape index (κ3) is 4.21. The fraction of sp³-hybridized carbons (Fsp3) is 0.353. The molecule has 1 fully saturated rings. The lowest BCUT2D eigenvalue weighted by molar-refractivity contribution is -0.127. The Balaban J connectivity index is 1.75. The minimum Gasteiger partial charge on any atom is -0.354 e. The van der Waals surface area contributed by atoms with E-state index in [-0.39, 0.29) is 30.7 Å². The van der Waals surface area contributed by atoms with Gasteiger partial charge in [-0.25, -0.2) is 9.37 Å². The summed E-state index contributed by atoms with van der Waals surface area (Å²) in [6, 6.07) is 5.47. The van der Waals surface area contributed by atoms with E-state index in [0.717, 1.165) is 5.56 Å². The Bertz CT molecular complexity index is 759.